The zero-order valence-corrected chi connectivity index (χ0v) is 18.5. The average molecular weight is 432 g/mol. The van der Waals surface area contributed by atoms with Gasteiger partial charge in [0.05, 0.1) is 18.5 Å². The van der Waals surface area contributed by atoms with Crippen LogP contribution in [0.2, 0.25) is 0 Å². The number of nitrogens with zero attached hydrogens (tertiary/aromatic N) is 1. The first-order chi connectivity index (χ1) is 14.4. The number of hydrogen-bond acceptors (Lipinski definition) is 5. The average Bonchev–Trinajstić information content (AvgIpc) is 3.27. The van der Waals surface area contributed by atoms with Crippen molar-refractivity contribution in [3.63, 3.8) is 0 Å². The van der Waals surface area contributed by atoms with E-state index in [9.17, 15) is 13.2 Å². The molecule has 0 aromatic heterocycles. The van der Waals surface area contributed by atoms with E-state index in [-0.39, 0.29) is 16.4 Å². The molecule has 0 saturated carbocycles. The summed E-state index contributed by atoms with van der Waals surface area (Å²) in [5.74, 6) is 0.152. The van der Waals surface area contributed by atoms with Crippen LogP contribution in [-0.4, -0.2) is 41.1 Å². The number of hydrogen-bond donors (Lipinski definition) is 2. The van der Waals surface area contributed by atoms with Gasteiger partial charge in [-0.25, -0.2) is 13.1 Å². The minimum absolute atomic E-state index is 0.140. The van der Waals surface area contributed by atoms with E-state index in [1.54, 1.807) is 18.2 Å². The van der Waals surface area contributed by atoms with E-state index in [0.717, 1.165) is 31.5 Å². The molecule has 1 aliphatic rings. The van der Waals surface area contributed by atoms with Crippen molar-refractivity contribution < 1.29 is 17.9 Å². The number of amides is 1. The number of nitrogens with one attached hydrogen (secondary N) is 2. The molecule has 2 N–H and O–H groups in total. The van der Waals surface area contributed by atoms with Gasteiger partial charge in [0.15, 0.2) is 0 Å². The Balaban J connectivity index is 1.96. The lowest BCUT2D eigenvalue weighted by atomic mass is 10.1. The van der Waals surface area contributed by atoms with Crippen LogP contribution < -0.4 is 19.7 Å². The minimum atomic E-state index is -3.74. The Morgan fingerprint density at radius 3 is 2.53 bits per heavy atom. The molecule has 0 atom stereocenters. The first-order valence-corrected chi connectivity index (χ1v) is 11.7. The van der Waals surface area contributed by atoms with Crippen molar-refractivity contribution in [2.24, 2.45) is 0 Å². The van der Waals surface area contributed by atoms with Crippen molar-refractivity contribution in [3.8, 4) is 5.75 Å². The first-order valence-electron chi connectivity index (χ1n) is 10.2. The molecule has 0 radical (unpaired) electrons. The van der Waals surface area contributed by atoms with Gasteiger partial charge in [-0.15, -0.1) is 0 Å². The van der Waals surface area contributed by atoms with Gasteiger partial charge in [-0.2, -0.15) is 0 Å². The molecule has 0 bridgehead atoms. The van der Waals surface area contributed by atoms with E-state index in [2.05, 4.69) is 14.9 Å². The minimum Gasteiger partial charge on any atom is -0.495 e. The highest BCUT2D eigenvalue weighted by Gasteiger charge is 2.25. The monoisotopic (exact) mass is 431 g/mol. The number of anilines is 2. The maximum atomic E-state index is 13.0. The molecule has 30 heavy (non-hydrogen) atoms. The third-order valence-corrected chi connectivity index (χ3v) is 6.59. The second kappa shape index (κ2) is 9.49. The summed E-state index contributed by atoms with van der Waals surface area (Å²) in [5.41, 5.74) is 2.43. The third kappa shape index (κ3) is 4.94. The Morgan fingerprint density at radius 1 is 1.13 bits per heavy atom. The van der Waals surface area contributed by atoms with E-state index < -0.39 is 10.0 Å². The summed E-state index contributed by atoms with van der Waals surface area (Å²) in [7, 11) is -2.20. The maximum absolute atomic E-state index is 13.0. The fourth-order valence-corrected chi connectivity index (χ4v) is 4.90. The van der Waals surface area contributed by atoms with Crippen molar-refractivity contribution in [2.45, 2.75) is 38.0 Å². The van der Waals surface area contributed by atoms with Gasteiger partial charge in [0.2, 0.25) is 10.0 Å². The van der Waals surface area contributed by atoms with Crippen LogP contribution in [0, 0.1) is 6.92 Å². The van der Waals surface area contributed by atoms with Crippen LogP contribution >= 0.6 is 0 Å². The number of benzene rings is 2. The first kappa shape index (κ1) is 22.1. The fraction of sp³-hybridized carbons (Fsp3) is 0.409. The number of carbonyl (C=O) groups is 1. The smallest absolute Gasteiger partial charge is 0.255 e. The van der Waals surface area contributed by atoms with Crippen molar-refractivity contribution in [3.05, 3.63) is 47.5 Å². The van der Waals surface area contributed by atoms with E-state index in [1.165, 1.54) is 13.2 Å². The van der Waals surface area contributed by atoms with Gasteiger partial charge in [0.25, 0.3) is 5.91 Å². The molecule has 7 nitrogen and oxygen atoms in total. The molecular formula is C22H29N3O4S. The highest BCUT2D eigenvalue weighted by atomic mass is 32.2. The molecule has 0 spiro atoms. The Hall–Kier alpha value is -2.58. The van der Waals surface area contributed by atoms with Crippen molar-refractivity contribution in [1.82, 2.24) is 4.72 Å². The summed E-state index contributed by atoms with van der Waals surface area (Å²) >= 11 is 0. The molecule has 162 valence electrons. The van der Waals surface area contributed by atoms with Crippen LogP contribution in [-0.2, 0) is 10.0 Å². The van der Waals surface area contributed by atoms with Crippen LogP contribution in [0.1, 0.15) is 42.1 Å². The number of carbonyl (C=O) groups excluding carboxylic acids is 1. The zero-order chi connectivity index (χ0) is 21.7. The van der Waals surface area contributed by atoms with Gasteiger partial charge < -0.3 is 15.0 Å². The molecule has 1 amide bonds. The Kier molecular flexibility index (Phi) is 6.99. The van der Waals surface area contributed by atoms with Crippen molar-refractivity contribution in [1.29, 1.82) is 0 Å². The molecule has 0 unspecified atom stereocenters. The molecule has 3 rings (SSSR count). The molecule has 0 aliphatic carbocycles. The zero-order valence-electron chi connectivity index (χ0n) is 17.7. The number of aryl methyl sites for hydroxylation is 1. The van der Waals surface area contributed by atoms with E-state index in [1.807, 2.05) is 26.0 Å². The molecule has 2 aromatic carbocycles. The second-order valence-electron chi connectivity index (χ2n) is 7.43. The molecule has 1 aliphatic heterocycles. The normalized spacial score (nSPS) is 14.0. The quantitative estimate of drug-likeness (QED) is 0.667. The van der Waals surface area contributed by atoms with Crippen LogP contribution in [0.4, 0.5) is 11.4 Å². The van der Waals surface area contributed by atoms with E-state index in [0.29, 0.717) is 30.1 Å². The molecule has 2 aromatic rings. The summed E-state index contributed by atoms with van der Waals surface area (Å²) in [6.07, 6.45) is 2.74. The predicted octanol–water partition coefficient (Wildman–Crippen LogP) is 3.54. The van der Waals surface area contributed by atoms with Gasteiger partial charge >= 0.3 is 0 Å². The molecule has 8 heteroatoms. The summed E-state index contributed by atoms with van der Waals surface area (Å²) in [6.45, 7) is 5.79. The molecular weight excluding hydrogens is 402 g/mol. The maximum Gasteiger partial charge on any atom is 0.255 e. The van der Waals surface area contributed by atoms with Crippen LogP contribution in [0.15, 0.2) is 41.3 Å². The number of methoxy groups -OCH3 is 1. The summed E-state index contributed by atoms with van der Waals surface area (Å²) in [6, 6.07) is 10.4. The number of rotatable bonds is 8. The lowest BCUT2D eigenvalue weighted by Gasteiger charge is -2.22. The van der Waals surface area contributed by atoms with E-state index in [4.69, 9.17) is 4.74 Å². The Bertz CT molecular complexity index is 1020. The van der Waals surface area contributed by atoms with Gasteiger partial charge in [0, 0.05) is 25.2 Å². The number of ether oxygens (including phenoxy) is 1. The lowest BCUT2D eigenvalue weighted by Crippen LogP contribution is -2.28. The van der Waals surface area contributed by atoms with E-state index >= 15 is 0 Å². The van der Waals surface area contributed by atoms with Gasteiger partial charge in [0.1, 0.15) is 10.6 Å². The van der Waals surface area contributed by atoms with Gasteiger partial charge in [-0.05, 0) is 62.1 Å². The standard InChI is InChI=1S/C22H29N3O4S/c1-4-11-23-30(27,28)21-15-17(8-9-19(21)25-12-5-6-13-25)22(26)24-18-14-16(2)7-10-20(18)29-3/h7-10,14-15,23H,4-6,11-13H2,1-3H3,(H,24,26). The fourth-order valence-electron chi connectivity index (χ4n) is 3.52. The third-order valence-electron chi connectivity index (χ3n) is 5.10. The van der Waals surface area contributed by atoms with Crippen molar-refractivity contribution >= 4 is 27.3 Å². The predicted molar refractivity (Wildman–Crippen MR) is 119 cm³/mol. The van der Waals surface area contributed by atoms with Gasteiger partial charge in [-0.1, -0.05) is 13.0 Å². The van der Waals surface area contributed by atoms with Crippen LogP contribution in [0.5, 0.6) is 5.75 Å². The Morgan fingerprint density at radius 2 is 1.87 bits per heavy atom. The Labute approximate surface area is 178 Å². The van der Waals surface area contributed by atoms with Crippen LogP contribution in [0.3, 0.4) is 0 Å². The highest BCUT2D eigenvalue weighted by molar-refractivity contribution is 7.89. The molecule has 1 heterocycles. The summed E-state index contributed by atoms with van der Waals surface area (Å²) < 4.78 is 33.9. The SMILES string of the molecule is CCCNS(=O)(=O)c1cc(C(=O)Nc2cc(C)ccc2OC)ccc1N1CCCC1. The van der Waals surface area contributed by atoms with Gasteiger partial charge in [-0.3, -0.25) is 4.79 Å². The molecule has 1 fully saturated rings. The van der Waals surface area contributed by atoms with Crippen molar-refractivity contribution in [2.75, 3.05) is 37.0 Å². The summed E-state index contributed by atoms with van der Waals surface area (Å²) in [4.78, 5) is 15.1. The lowest BCUT2D eigenvalue weighted by molar-refractivity contribution is 0.102. The highest BCUT2D eigenvalue weighted by Crippen LogP contribution is 2.30. The summed E-state index contributed by atoms with van der Waals surface area (Å²) in [5, 5.41) is 2.84. The second-order valence-corrected chi connectivity index (χ2v) is 9.17. The van der Waals surface area contributed by atoms with Crippen LogP contribution in [0.25, 0.3) is 0 Å². The molecule has 1 saturated heterocycles. The largest absolute Gasteiger partial charge is 0.495 e. The topological polar surface area (TPSA) is 87.7 Å². The number of sulfonamides is 1.